The summed E-state index contributed by atoms with van der Waals surface area (Å²) in [5.74, 6) is -3.36. The second kappa shape index (κ2) is 15.8. The molecule has 3 aliphatic rings. The molecular formula is C32H44F2N4O7S. The van der Waals surface area contributed by atoms with Gasteiger partial charge in [-0.1, -0.05) is 6.92 Å². The molecule has 1 aromatic carbocycles. The van der Waals surface area contributed by atoms with E-state index in [0.29, 0.717) is 49.8 Å². The van der Waals surface area contributed by atoms with E-state index in [2.05, 4.69) is 9.88 Å². The van der Waals surface area contributed by atoms with Gasteiger partial charge in [0.05, 0.1) is 42.9 Å². The van der Waals surface area contributed by atoms with Crippen molar-refractivity contribution < 1.29 is 40.9 Å². The van der Waals surface area contributed by atoms with Gasteiger partial charge in [-0.15, -0.1) is 0 Å². The number of ether oxygens (including phenoxy) is 4. The first kappa shape index (κ1) is 34.4. The van der Waals surface area contributed by atoms with E-state index in [9.17, 15) is 13.2 Å². The first-order chi connectivity index (χ1) is 22.2. The minimum Gasteiger partial charge on any atom is -0.492 e. The lowest BCUT2D eigenvalue weighted by Crippen LogP contribution is -2.49. The second-order valence-electron chi connectivity index (χ2n) is 12.1. The van der Waals surface area contributed by atoms with Crippen LogP contribution in [0, 0.1) is 17.6 Å². The third kappa shape index (κ3) is 9.12. The molecule has 3 heterocycles. The van der Waals surface area contributed by atoms with Gasteiger partial charge in [-0.25, -0.2) is 9.11 Å². The number of nitrogens with one attached hydrogen (secondary N) is 1. The minimum absolute atomic E-state index is 0.0856. The molecule has 1 aliphatic carbocycles. The fraction of sp³-hybridized carbons (Fsp3) is 0.625. The van der Waals surface area contributed by atoms with Crippen LogP contribution in [0.5, 0.6) is 11.5 Å². The highest BCUT2D eigenvalue weighted by atomic mass is 32.2. The zero-order valence-electron chi connectivity index (χ0n) is 26.5. The van der Waals surface area contributed by atoms with Crippen LogP contribution in [0.15, 0.2) is 30.5 Å². The van der Waals surface area contributed by atoms with Crippen LogP contribution in [0.3, 0.4) is 0 Å². The number of carbonyl (C=O) groups is 1. The molecule has 1 N–H and O–H groups in total. The van der Waals surface area contributed by atoms with E-state index in [1.807, 2.05) is 11.6 Å². The van der Waals surface area contributed by atoms with Crippen LogP contribution in [0.1, 0.15) is 74.0 Å². The predicted octanol–water partition coefficient (Wildman–Crippen LogP) is 4.25. The number of hydrogen-bond acceptors (Lipinski definition) is 9. The van der Waals surface area contributed by atoms with Crippen molar-refractivity contribution in [2.45, 2.75) is 70.2 Å². The van der Waals surface area contributed by atoms with Gasteiger partial charge in [0.1, 0.15) is 11.9 Å². The summed E-state index contributed by atoms with van der Waals surface area (Å²) in [4.78, 5) is 19.5. The summed E-state index contributed by atoms with van der Waals surface area (Å²) in [6.07, 6.45) is 6.41. The van der Waals surface area contributed by atoms with Crippen LogP contribution in [-0.4, -0.2) is 93.8 Å². The lowest BCUT2D eigenvalue weighted by molar-refractivity contribution is -0.0601. The van der Waals surface area contributed by atoms with Crippen LogP contribution < -0.4 is 14.2 Å². The van der Waals surface area contributed by atoms with Crippen molar-refractivity contribution in [2.75, 3.05) is 53.0 Å². The van der Waals surface area contributed by atoms with Crippen LogP contribution in [0.2, 0.25) is 0 Å². The summed E-state index contributed by atoms with van der Waals surface area (Å²) in [6.45, 7) is 6.18. The summed E-state index contributed by atoms with van der Waals surface area (Å²) in [6, 6.07) is 5.58. The summed E-state index contributed by atoms with van der Waals surface area (Å²) in [7, 11) is -2.60. The number of likely N-dealkylation sites (tertiary alicyclic amines) is 1. The number of carbonyl (C=O) groups excluding carboxylic acids is 1. The maximum Gasteiger partial charge on any atom is 0.304 e. The Hall–Kier alpha value is -2.91. The molecule has 2 aliphatic heterocycles. The number of rotatable bonds is 15. The van der Waals surface area contributed by atoms with E-state index in [4.69, 9.17) is 18.9 Å². The van der Waals surface area contributed by atoms with Crippen molar-refractivity contribution >= 4 is 16.1 Å². The number of aromatic nitrogens is 1. The fourth-order valence-electron chi connectivity index (χ4n) is 5.68. The Labute approximate surface area is 269 Å². The molecule has 2 saturated heterocycles. The molecule has 1 atom stereocenters. The Morgan fingerprint density at radius 3 is 2.30 bits per heavy atom. The van der Waals surface area contributed by atoms with E-state index >= 15 is 8.78 Å². The topological polar surface area (TPSA) is 120 Å². The maximum absolute atomic E-state index is 15.1. The molecule has 254 valence electrons. The van der Waals surface area contributed by atoms with Crippen LogP contribution in [-0.2, 0) is 19.7 Å². The number of piperidine rings is 2. The molecule has 0 radical (unpaired) electrons. The number of methoxy groups -OCH3 is 1. The van der Waals surface area contributed by atoms with Crippen LogP contribution >= 0.6 is 0 Å². The third-order valence-corrected chi connectivity index (χ3v) is 10.2. The summed E-state index contributed by atoms with van der Waals surface area (Å²) < 4.78 is 81.9. The molecule has 1 aromatic heterocycles. The largest absolute Gasteiger partial charge is 0.492 e. The first-order valence-corrected chi connectivity index (χ1v) is 17.5. The lowest BCUT2D eigenvalue weighted by Gasteiger charge is -2.36. The summed E-state index contributed by atoms with van der Waals surface area (Å²) in [5.41, 5.74) is -0.238. The number of amides is 1. The zero-order valence-corrected chi connectivity index (χ0v) is 27.3. The number of benzene rings is 1. The first-order valence-electron chi connectivity index (χ1n) is 16.1. The molecule has 0 spiro atoms. The normalized spacial score (nSPS) is 19.6. The molecule has 46 heavy (non-hydrogen) atoms. The standard InChI is InChI=1S/C32H44F2N4O7S/c1-3-28(27-8-6-25(20-35-27)43-21-22-4-5-22)45-29-9-7-26(30(33)31(29)34)32(39)36-46(40,41)38-16-12-24(13-17-38)44-23-10-14-37(15-11-23)18-19-42-2/h6-9,20,22-24,28H,3-5,10-19,21H2,1-2H3,(H,36,39)/t28-/m1/s1. The number of pyridine rings is 1. The second-order valence-corrected chi connectivity index (χ2v) is 13.8. The highest BCUT2D eigenvalue weighted by Crippen LogP contribution is 2.31. The summed E-state index contributed by atoms with van der Waals surface area (Å²) in [5, 5.41) is 0. The Morgan fingerprint density at radius 2 is 1.70 bits per heavy atom. The Kier molecular flexibility index (Phi) is 11.8. The van der Waals surface area contributed by atoms with Gasteiger partial charge in [0.2, 0.25) is 5.82 Å². The monoisotopic (exact) mass is 666 g/mol. The van der Waals surface area contributed by atoms with Gasteiger partial charge in [-0.3, -0.25) is 9.78 Å². The molecule has 1 amide bonds. The molecule has 11 nitrogen and oxygen atoms in total. The van der Waals surface area contributed by atoms with Crippen molar-refractivity contribution in [3.8, 4) is 11.5 Å². The van der Waals surface area contributed by atoms with Gasteiger partial charge in [0, 0.05) is 39.8 Å². The van der Waals surface area contributed by atoms with Gasteiger partial charge in [-0.2, -0.15) is 17.1 Å². The minimum atomic E-state index is -4.29. The maximum atomic E-state index is 15.1. The average Bonchev–Trinajstić information content (AvgIpc) is 3.89. The Balaban J connectivity index is 1.11. The molecule has 5 rings (SSSR count). The van der Waals surface area contributed by atoms with Gasteiger partial charge >= 0.3 is 10.2 Å². The van der Waals surface area contributed by atoms with E-state index in [0.717, 1.165) is 48.9 Å². The lowest BCUT2D eigenvalue weighted by atomic mass is 10.1. The number of hydrogen-bond donors (Lipinski definition) is 1. The smallest absolute Gasteiger partial charge is 0.304 e. The van der Waals surface area contributed by atoms with Crippen molar-refractivity contribution in [3.63, 3.8) is 0 Å². The molecule has 0 unspecified atom stereocenters. The highest BCUT2D eigenvalue weighted by Gasteiger charge is 2.33. The molecule has 0 bridgehead atoms. The number of nitrogens with zero attached hydrogens (tertiary/aromatic N) is 3. The Morgan fingerprint density at radius 1 is 1.00 bits per heavy atom. The number of halogens is 2. The van der Waals surface area contributed by atoms with Gasteiger partial charge in [0.25, 0.3) is 5.91 Å². The van der Waals surface area contributed by atoms with E-state index in [-0.39, 0.29) is 25.3 Å². The van der Waals surface area contributed by atoms with Crippen molar-refractivity contribution in [2.24, 2.45) is 5.92 Å². The molecule has 1 saturated carbocycles. The SMILES string of the molecule is CC[C@@H](Oc1ccc(C(=O)NS(=O)(=O)N2CCC(OC3CCN(CCOC)CC3)CC2)c(F)c1F)c1ccc(OCC2CC2)cn1. The van der Waals surface area contributed by atoms with Gasteiger partial charge in [-0.05, 0) is 75.1 Å². The quantitative estimate of drug-likeness (QED) is 0.298. The van der Waals surface area contributed by atoms with Gasteiger partial charge in [0.15, 0.2) is 11.6 Å². The van der Waals surface area contributed by atoms with Crippen molar-refractivity contribution in [1.82, 2.24) is 18.9 Å². The highest BCUT2D eigenvalue weighted by molar-refractivity contribution is 7.87. The molecular weight excluding hydrogens is 622 g/mol. The van der Waals surface area contributed by atoms with Crippen molar-refractivity contribution in [3.05, 3.63) is 53.4 Å². The third-order valence-electron chi connectivity index (χ3n) is 8.70. The average molecular weight is 667 g/mol. The van der Waals surface area contributed by atoms with Crippen molar-refractivity contribution in [1.29, 1.82) is 0 Å². The van der Waals surface area contributed by atoms with Crippen LogP contribution in [0.25, 0.3) is 0 Å². The molecule has 14 heteroatoms. The Bertz CT molecular complexity index is 1410. The predicted molar refractivity (Wildman–Crippen MR) is 166 cm³/mol. The summed E-state index contributed by atoms with van der Waals surface area (Å²) >= 11 is 0. The molecule has 2 aromatic rings. The molecule has 3 fully saturated rings. The van der Waals surface area contributed by atoms with E-state index in [1.54, 1.807) is 25.4 Å². The van der Waals surface area contributed by atoms with E-state index < -0.39 is 45.2 Å². The van der Waals surface area contributed by atoms with Crippen LogP contribution in [0.4, 0.5) is 8.78 Å². The van der Waals surface area contributed by atoms with Gasteiger partial charge < -0.3 is 23.8 Å². The fourth-order valence-corrected chi connectivity index (χ4v) is 6.84. The zero-order chi connectivity index (χ0) is 32.7. The van der Waals surface area contributed by atoms with E-state index in [1.165, 1.54) is 12.8 Å².